The highest BCUT2D eigenvalue weighted by Crippen LogP contribution is 2.37. The van der Waals surface area contributed by atoms with Crippen LogP contribution >= 0.6 is 35.1 Å². The zero-order chi connectivity index (χ0) is 24.4. The lowest BCUT2D eigenvalue weighted by Crippen LogP contribution is -2.36. The van der Waals surface area contributed by atoms with Crippen molar-refractivity contribution in [1.82, 2.24) is 9.40 Å². The van der Waals surface area contributed by atoms with Crippen molar-refractivity contribution >= 4 is 58.4 Å². The fraction of sp³-hybridized carbons (Fsp3) is 0.200. The van der Waals surface area contributed by atoms with E-state index in [1.54, 1.807) is 24.3 Å². The molecule has 35 heavy (non-hydrogen) atoms. The van der Waals surface area contributed by atoms with Crippen LogP contribution in [-0.2, 0) is 10.5 Å². The van der Waals surface area contributed by atoms with Crippen LogP contribution in [0.4, 0.5) is 5.69 Å². The number of hydrogen-bond donors (Lipinski definition) is 1. The Hall–Kier alpha value is -3.07. The molecule has 2 aliphatic rings. The number of anilines is 1. The molecular formula is C25H21Cl2N5O2S. The van der Waals surface area contributed by atoms with Gasteiger partial charge in [-0.1, -0.05) is 41.4 Å². The third kappa shape index (κ3) is 5.15. The number of aromatic nitrogens is 1. The number of aliphatic carboxylic acids is 1. The van der Waals surface area contributed by atoms with E-state index in [-0.39, 0.29) is 6.42 Å². The van der Waals surface area contributed by atoms with Crippen LogP contribution < -0.4 is 4.90 Å². The van der Waals surface area contributed by atoms with Crippen molar-refractivity contribution in [2.45, 2.75) is 24.6 Å². The summed E-state index contributed by atoms with van der Waals surface area (Å²) < 4.78 is 1.91. The summed E-state index contributed by atoms with van der Waals surface area (Å²) in [5.41, 5.74) is 4.31. The van der Waals surface area contributed by atoms with E-state index >= 15 is 0 Å². The second-order valence-electron chi connectivity index (χ2n) is 8.08. The first-order valence-electron chi connectivity index (χ1n) is 11.0. The second-order valence-corrected chi connectivity index (χ2v) is 9.89. The monoisotopic (exact) mass is 525 g/mol. The number of pyridine rings is 1. The van der Waals surface area contributed by atoms with Gasteiger partial charge in [0, 0.05) is 45.7 Å². The summed E-state index contributed by atoms with van der Waals surface area (Å²) >= 11 is 14.6. The minimum atomic E-state index is -0.877. The third-order valence-corrected chi connectivity index (χ3v) is 7.25. The third-order valence-electron chi connectivity index (χ3n) is 5.73. The average Bonchev–Trinajstić information content (AvgIpc) is 3.23. The van der Waals surface area contributed by atoms with E-state index in [2.05, 4.69) is 9.88 Å². The second kappa shape index (κ2) is 10.3. The molecule has 1 aromatic heterocycles. The number of carbonyl (C=O) groups is 1. The van der Waals surface area contributed by atoms with Gasteiger partial charge in [0.1, 0.15) is 12.7 Å². The van der Waals surface area contributed by atoms with Crippen molar-refractivity contribution in [3.8, 4) is 0 Å². The molecule has 0 spiro atoms. The molecule has 0 bridgehead atoms. The number of nitrogens with zero attached hydrogens (tertiary/aromatic N) is 5. The summed E-state index contributed by atoms with van der Waals surface area (Å²) in [6, 6.07) is 16.7. The molecule has 0 fully saturated rings. The minimum Gasteiger partial charge on any atom is -0.481 e. The molecule has 5 rings (SSSR count). The van der Waals surface area contributed by atoms with E-state index in [4.69, 9.17) is 33.3 Å². The molecular weight excluding hydrogens is 505 g/mol. The smallest absolute Gasteiger partial charge is 0.303 e. The Morgan fingerprint density at radius 2 is 1.89 bits per heavy atom. The average molecular weight is 526 g/mol. The van der Waals surface area contributed by atoms with Crippen molar-refractivity contribution in [2.24, 2.45) is 10.1 Å². The summed E-state index contributed by atoms with van der Waals surface area (Å²) in [6.45, 7) is 0.495. The molecule has 1 atom stereocenters. The number of halogens is 2. The number of hydrazone groups is 1. The fourth-order valence-electron chi connectivity index (χ4n) is 4.08. The van der Waals surface area contributed by atoms with Crippen LogP contribution in [0.25, 0.3) is 0 Å². The van der Waals surface area contributed by atoms with Gasteiger partial charge in [-0.25, -0.2) is 4.41 Å². The number of amidine groups is 1. The molecule has 7 nitrogen and oxygen atoms in total. The highest BCUT2D eigenvalue weighted by atomic mass is 35.5. The first kappa shape index (κ1) is 23.7. The zero-order valence-electron chi connectivity index (χ0n) is 18.5. The molecule has 0 saturated heterocycles. The molecule has 0 unspecified atom stereocenters. The Morgan fingerprint density at radius 1 is 1.09 bits per heavy atom. The van der Waals surface area contributed by atoms with Gasteiger partial charge in [-0.05, 0) is 60.3 Å². The van der Waals surface area contributed by atoms with Gasteiger partial charge in [0.15, 0.2) is 5.84 Å². The van der Waals surface area contributed by atoms with Gasteiger partial charge in [0.2, 0.25) is 0 Å². The minimum absolute atomic E-state index is 0.0297. The number of hydrogen-bond acceptors (Lipinski definition) is 7. The van der Waals surface area contributed by atoms with Gasteiger partial charge < -0.3 is 10.0 Å². The topological polar surface area (TPSA) is 81.4 Å². The van der Waals surface area contributed by atoms with E-state index in [1.165, 1.54) is 0 Å². The molecule has 0 radical (unpaired) electrons. The molecule has 178 valence electrons. The number of carboxylic acids is 1. The quantitative estimate of drug-likeness (QED) is 0.397. The van der Waals surface area contributed by atoms with Crippen molar-refractivity contribution in [1.29, 1.82) is 0 Å². The lowest BCUT2D eigenvalue weighted by molar-refractivity contribution is -0.137. The molecule has 0 amide bonds. The number of carboxylic acid groups (broad SMARTS) is 1. The van der Waals surface area contributed by atoms with Crippen LogP contribution in [0.1, 0.15) is 29.5 Å². The van der Waals surface area contributed by atoms with Crippen molar-refractivity contribution in [3.63, 3.8) is 0 Å². The lowest BCUT2D eigenvalue weighted by Gasteiger charge is -2.23. The summed E-state index contributed by atoms with van der Waals surface area (Å²) in [7, 11) is 0. The van der Waals surface area contributed by atoms with Crippen LogP contribution in [0.2, 0.25) is 10.0 Å². The van der Waals surface area contributed by atoms with Crippen molar-refractivity contribution in [3.05, 3.63) is 93.7 Å². The summed E-state index contributed by atoms with van der Waals surface area (Å²) in [5.74, 6) is 0.562. The summed E-state index contributed by atoms with van der Waals surface area (Å²) in [6.07, 6.45) is 3.82. The zero-order valence-corrected chi connectivity index (χ0v) is 20.8. The number of fused-ring (bicyclic) bond motifs is 3. The predicted molar refractivity (Wildman–Crippen MR) is 141 cm³/mol. The Kier molecular flexibility index (Phi) is 6.95. The number of rotatable bonds is 7. The summed E-state index contributed by atoms with van der Waals surface area (Å²) in [4.78, 5) is 22.7. The first-order chi connectivity index (χ1) is 17.0. The molecule has 2 aromatic carbocycles. The van der Waals surface area contributed by atoms with E-state index in [0.29, 0.717) is 34.7 Å². The van der Waals surface area contributed by atoms with Crippen molar-refractivity contribution in [2.75, 3.05) is 11.6 Å². The maximum absolute atomic E-state index is 11.5. The Bertz CT molecular complexity index is 1320. The van der Waals surface area contributed by atoms with Gasteiger partial charge in [-0.2, -0.15) is 0 Å². The van der Waals surface area contributed by atoms with E-state index in [9.17, 15) is 9.90 Å². The first-order valence-corrected chi connectivity index (χ1v) is 12.7. The number of benzene rings is 2. The standard InChI is InChI=1S/C25H21Cl2N5O2S/c26-17-5-7-22-19(13-17)24(18-3-1-2-4-20(18)27)29-21(6-8-23(33)34)25-30-32(15-31(22)25)35-14-16-9-11-28-12-10-16/h1-5,7,9-13,21H,6,8,14-15H2,(H,33,34)/t21-/m0/s1. The maximum atomic E-state index is 11.5. The van der Waals surface area contributed by atoms with E-state index in [1.807, 2.05) is 59.0 Å². The Balaban J connectivity index is 1.57. The lowest BCUT2D eigenvalue weighted by atomic mass is 10.00. The van der Waals surface area contributed by atoms with Gasteiger partial charge in [0.05, 0.1) is 11.4 Å². The predicted octanol–water partition coefficient (Wildman–Crippen LogP) is 5.71. The summed E-state index contributed by atoms with van der Waals surface area (Å²) in [5, 5.41) is 15.4. The fourth-order valence-corrected chi connectivity index (χ4v) is 5.30. The molecule has 1 N–H and O–H groups in total. The largest absolute Gasteiger partial charge is 0.481 e. The van der Waals surface area contributed by atoms with E-state index < -0.39 is 12.0 Å². The van der Waals surface area contributed by atoms with Gasteiger partial charge >= 0.3 is 5.97 Å². The molecule has 0 aliphatic carbocycles. The highest BCUT2D eigenvalue weighted by molar-refractivity contribution is 7.96. The van der Waals surface area contributed by atoms with Crippen LogP contribution in [0.15, 0.2) is 77.1 Å². The Labute approximate surface area is 217 Å². The SMILES string of the molecule is O=C(O)CC[C@@H]1N=C(c2ccccc2Cl)c2cc(Cl)ccc2N2CN(SCc3ccncc3)N=C12. The molecule has 2 aliphatic heterocycles. The van der Waals surface area contributed by atoms with E-state index in [0.717, 1.165) is 28.1 Å². The van der Waals surface area contributed by atoms with Crippen LogP contribution in [-0.4, -0.2) is 44.7 Å². The molecule has 3 aromatic rings. The van der Waals surface area contributed by atoms with Crippen LogP contribution in [0.5, 0.6) is 0 Å². The molecule has 0 saturated carbocycles. The van der Waals surface area contributed by atoms with Crippen LogP contribution in [0.3, 0.4) is 0 Å². The Morgan fingerprint density at radius 3 is 2.66 bits per heavy atom. The van der Waals surface area contributed by atoms with Gasteiger partial charge in [-0.15, -0.1) is 5.10 Å². The van der Waals surface area contributed by atoms with Crippen molar-refractivity contribution < 1.29 is 9.90 Å². The van der Waals surface area contributed by atoms with Crippen LogP contribution in [0, 0.1) is 0 Å². The highest BCUT2D eigenvalue weighted by Gasteiger charge is 2.36. The van der Waals surface area contributed by atoms with Gasteiger partial charge in [-0.3, -0.25) is 14.8 Å². The normalized spacial score (nSPS) is 16.8. The number of aliphatic imine (C=N–C) groups is 1. The van der Waals surface area contributed by atoms with Gasteiger partial charge in [0.25, 0.3) is 0 Å². The molecule has 3 heterocycles. The maximum Gasteiger partial charge on any atom is 0.303 e. The molecule has 10 heteroatoms.